The Morgan fingerprint density at radius 2 is 2.11 bits per heavy atom. The van der Waals surface area contributed by atoms with E-state index >= 15 is 0 Å². The number of methoxy groups -OCH3 is 1. The van der Waals surface area contributed by atoms with Crippen molar-refractivity contribution < 1.29 is 14.3 Å². The second kappa shape index (κ2) is 6.58. The van der Waals surface area contributed by atoms with Crippen molar-refractivity contribution in [1.29, 1.82) is 0 Å². The molecule has 0 saturated carbocycles. The van der Waals surface area contributed by atoms with Gasteiger partial charge >= 0.3 is 5.97 Å². The Kier molecular flexibility index (Phi) is 5.10. The van der Waals surface area contributed by atoms with Crippen LogP contribution >= 0.6 is 0 Å². The minimum Gasteiger partial charge on any atom is -0.468 e. The van der Waals surface area contributed by atoms with Crippen LogP contribution in [0.5, 0.6) is 0 Å². The molecule has 0 aliphatic carbocycles. The number of amides is 1. The minimum absolute atomic E-state index is 0.0949. The first-order chi connectivity index (χ1) is 8.58. The van der Waals surface area contributed by atoms with E-state index in [9.17, 15) is 14.4 Å². The summed E-state index contributed by atoms with van der Waals surface area (Å²) in [7, 11) is 1.27. The molecule has 1 heterocycles. The van der Waals surface area contributed by atoms with Crippen LogP contribution in [0.15, 0.2) is 23.1 Å². The number of hydrogen-bond donors (Lipinski definition) is 1. The molecule has 1 rings (SSSR count). The molecule has 0 fully saturated rings. The highest BCUT2D eigenvalue weighted by Crippen LogP contribution is 2.03. The molecular weight excluding hydrogens is 236 g/mol. The zero-order valence-electron chi connectivity index (χ0n) is 10.4. The van der Waals surface area contributed by atoms with Gasteiger partial charge in [0, 0.05) is 18.8 Å². The molecule has 0 aromatic carbocycles. The van der Waals surface area contributed by atoms with Gasteiger partial charge in [0.25, 0.3) is 5.91 Å². The summed E-state index contributed by atoms with van der Waals surface area (Å²) in [6.45, 7) is 2.26. The minimum atomic E-state index is -0.471. The summed E-state index contributed by atoms with van der Waals surface area (Å²) < 4.78 is 4.54. The number of nitrogens with zero attached hydrogens (tertiary/aromatic N) is 1. The van der Waals surface area contributed by atoms with Crippen molar-refractivity contribution in [1.82, 2.24) is 9.88 Å². The summed E-state index contributed by atoms with van der Waals surface area (Å²) >= 11 is 0. The number of carbonyl (C=O) groups is 2. The standard InChI is InChI=1S/C12H16N2O4/c1-3-6-14(8-11(16)18-2)12(17)9-4-5-10(15)13-7-9/h4-5,7H,3,6,8H2,1-2H3,(H,13,15). The van der Waals surface area contributed by atoms with E-state index in [1.54, 1.807) is 0 Å². The lowest BCUT2D eigenvalue weighted by atomic mass is 10.2. The fourth-order valence-corrected chi connectivity index (χ4v) is 1.47. The van der Waals surface area contributed by atoms with Crippen LogP contribution in [-0.4, -0.2) is 42.0 Å². The largest absolute Gasteiger partial charge is 0.468 e. The Hall–Kier alpha value is -2.11. The summed E-state index contributed by atoms with van der Waals surface area (Å²) in [5.74, 6) is -0.778. The van der Waals surface area contributed by atoms with Crippen LogP contribution in [0.3, 0.4) is 0 Å². The quantitative estimate of drug-likeness (QED) is 0.769. The van der Waals surface area contributed by atoms with Crippen molar-refractivity contribution in [3.8, 4) is 0 Å². The van der Waals surface area contributed by atoms with Gasteiger partial charge in [0.05, 0.1) is 12.7 Å². The molecule has 0 spiro atoms. The monoisotopic (exact) mass is 252 g/mol. The van der Waals surface area contributed by atoms with Crippen LogP contribution < -0.4 is 5.56 Å². The molecule has 18 heavy (non-hydrogen) atoms. The zero-order chi connectivity index (χ0) is 13.5. The van der Waals surface area contributed by atoms with E-state index in [-0.39, 0.29) is 18.0 Å². The highest BCUT2D eigenvalue weighted by Gasteiger charge is 2.18. The third-order valence-electron chi connectivity index (χ3n) is 2.36. The van der Waals surface area contributed by atoms with Crippen molar-refractivity contribution in [3.63, 3.8) is 0 Å². The van der Waals surface area contributed by atoms with Gasteiger partial charge in [-0.2, -0.15) is 0 Å². The Morgan fingerprint density at radius 1 is 1.39 bits per heavy atom. The number of aromatic nitrogens is 1. The van der Waals surface area contributed by atoms with Crippen molar-refractivity contribution in [2.75, 3.05) is 20.2 Å². The van der Waals surface area contributed by atoms with Crippen molar-refractivity contribution in [2.24, 2.45) is 0 Å². The SMILES string of the molecule is CCCN(CC(=O)OC)C(=O)c1ccc(=O)[nH]c1. The molecule has 1 N–H and O–H groups in total. The first kappa shape index (κ1) is 14.0. The molecular formula is C12H16N2O4. The number of aromatic amines is 1. The highest BCUT2D eigenvalue weighted by atomic mass is 16.5. The van der Waals surface area contributed by atoms with E-state index < -0.39 is 5.97 Å². The van der Waals surface area contributed by atoms with Crippen LogP contribution in [0.25, 0.3) is 0 Å². The Labute approximate surface area is 105 Å². The fourth-order valence-electron chi connectivity index (χ4n) is 1.47. The topological polar surface area (TPSA) is 79.5 Å². The molecule has 0 saturated heterocycles. The van der Waals surface area contributed by atoms with E-state index in [1.807, 2.05) is 6.92 Å². The van der Waals surface area contributed by atoms with Gasteiger partial charge in [-0.15, -0.1) is 0 Å². The Morgan fingerprint density at radius 3 is 2.61 bits per heavy atom. The number of H-pyrrole nitrogens is 1. The van der Waals surface area contributed by atoms with Crippen molar-refractivity contribution in [2.45, 2.75) is 13.3 Å². The summed E-state index contributed by atoms with van der Waals surface area (Å²) in [5, 5.41) is 0. The van der Waals surface area contributed by atoms with Crippen LogP contribution in [0.1, 0.15) is 23.7 Å². The molecule has 0 unspecified atom stereocenters. The lowest BCUT2D eigenvalue weighted by molar-refractivity contribution is -0.141. The second-order valence-electron chi connectivity index (χ2n) is 3.74. The molecule has 0 radical (unpaired) electrons. The molecule has 6 nitrogen and oxygen atoms in total. The van der Waals surface area contributed by atoms with E-state index in [0.29, 0.717) is 12.1 Å². The number of rotatable bonds is 5. The Balaban J connectivity index is 2.84. The summed E-state index contributed by atoms with van der Waals surface area (Å²) in [6, 6.07) is 2.70. The predicted molar refractivity (Wildman–Crippen MR) is 65.3 cm³/mol. The van der Waals surface area contributed by atoms with E-state index in [2.05, 4.69) is 9.72 Å². The highest BCUT2D eigenvalue weighted by molar-refractivity contribution is 5.95. The van der Waals surface area contributed by atoms with Gasteiger partial charge in [0.2, 0.25) is 5.56 Å². The maximum absolute atomic E-state index is 12.1. The maximum Gasteiger partial charge on any atom is 0.325 e. The fraction of sp³-hybridized carbons (Fsp3) is 0.417. The van der Waals surface area contributed by atoms with Gasteiger partial charge in [0.1, 0.15) is 6.54 Å². The number of carbonyl (C=O) groups excluding carboxylic acids is 2. The smallest absolute Gasteiger partial charge is 0.325 e. The van der Waals surface area contributed by atoms with Crippen LogP contribution in [0.2, 0.25) is 0 Å². The van der Waals surface area contributed by atoms with Gasteiger partial charge in [0.15, 0.2) is 0 Å². The number of pyridine rings is 1. The van der Waals surface area contributed by atoms with Crippen LogP contribution in [0.4, 0.5) is 0 Å². The summed E-state index contributed by atoms with van der Waals surface area (Å²) in [5.41, 5.74) is 0.0634. The average molecular weight is 252 g/mol. The predicted octanol–water partition coefficient (Wildman–Crippen LogP) is 0.400. The van der Waals surface area contributed by atoms with Gasteiger partial charge < -0.3 is 14.6 Å². The summed E-state index contributed by atoms with van der Waals surface area (Å²) in [6.07, 6.45) is 2.07. The lowest BCUT2D eigenvalue weighted by Crippen LogP contribution is -2.37. The number of ether oxygens (including phenoxy) is 1. The normalized spacial score (nSPS) is 9.89. The number of hydrogen-bond acceptors (Lipinski definition) is 4. The second-order valence-corrected chi connectivity index (χ2v) is 3.74. The van der Waals surface area contributed by atoms with E-state index in [1.165, 1.54) is 30.3 Å². The van der Waals surface area contributed by atoms with Crippen molar-refractivity contribution in [3.05, 3.63) is 34.2 Å². The first-order valence-electron chi connectivity index (χ1n) is 5.63. The van der Waals surface area contributed by atoms with Gasteiger partial charge in [-0.25, -0.2) is 0 Å². The lowest BCUT2D eigenvalue weighted by Gasteiger charge is -2.20. The van der Waals surface area contributed by atoms with Gasteiger partial charge in [-0.3, -0.25) is 14.4 Å². The number of esters is 1. The molecule has 1 aromatic heterocycles. The molecule has 0 bridgehead atoms. The molecule has 6 heteroatoms. The molecule has 0 aliphatic rings. The zero-order valence-corrected chi connectivity index (χ0v) is 10.4. The van der Waals surface area contributed by atoms with Crippen molar-refractivity contribution >= 4 is 11.9 Å². The van der Waals surface area contributed by atoms with E-state index in [0.717, 1.165) is 6.42 Å². The first-order valence-corrected chi connectivity index (χ1v) is 5.63. The van der Waals surface area contributed by atoms with Crippen LogP contribution in [0, 0.1) is 0 Å². The maximum atomic E-state index is 12.1. The number of nitrogens with one attached hydrogen (secondary N) is 1. The molecule has 1 aromatic rings. The van der Waals surface area contributed by atoms with Gasteiger partial charge in [-0.1, -0.05) is 6.92 Å². The third kappa shape index (κ3) is 3.73. The van der Waals surface area contributed by atoms with Crippen LogP contribution in [-0.2, 0) is 9.53 Å². The van der Waals surface area contributed by atoms with E-state index in [4.69, 9.17) is 0 Å². The average Bonchev–Trinajstić information content (AvgIpc) is 2.38. The van der Waals surface area contributed by atoms with Gasteiger partial charge in [-0.05, 0) is 12.5 Å². The molecule has 0 atom stereocenters. The third-order valence-corrected chi connectivity index (χ3v) is 2.36. The molecule has 1 amide bonds. The molecule has 0 aliphatic heterocycles. The molecule has 98 valence electrons. The Bertz CT molecular complexity index is 461. The summed E-state index contributed by atoms with van der Waals surface area (Å²) in [4.78, 5) is 38.0.